The Labute approximate surface area is 122 Å². The maximum Gasteiger partial charge on any atom is 0.573 e. The number of carbonyl (C=O) groups is 1. The number of carbonyl (C=O) groups excluding carboxylic acids is 1. The predicted octanol–water partition coefficient (Wildman–Crippen LogP) is 4.30. The number of rotatable bonds is 3. The number of hydrogen-bond acceptors (Lipinski definition) is 3. The van der Waals surface area contributed by atoms with Gasteiger partial charge in [-0.3, -0.25) is 0 Å². The van der Waals surface area contributed by atoms with Crippen molar-refractivity contribution < 1.29 is 31.8 Å². The minimum Gasteiger partial charge on any atom is -0.465 e. The molecule has 0 unspecified atom stereocenters. The van der Waals surface area contributed by atoms with Gasteiger partial charge in [-0.05, 0) is 11.6 Å². The lowest BCUT2D eigenvalue weighted by Crippen LogP contribution is -2.19. The first-order chi connectivity index (χ1) is 8.67. The van der Waals surface area contributed by atoms with Gasteiger partial charge in [0.1, 0.15) is 5.56 Å². The second-order valence-electron chi connectivity index (χ2n) is 3.18. The third-order valence-corrected chi connectivity index (χ3v) is 2.98. The number of halogens is 6. The largest absolute Gasteiger partial charge is 0.573 e. The molecule has 0 atom stereocenters. The first kappa shape index (κ1) is 16.2. The Morgan fingerprint density at radius 3 is 2.32 bits per heavy atom. The molecule has 0 aliphatic heterocycles. The summed E-state index contributed by atoms with van der Waals surface area (Å²) in [7, 11) is 0.986. The molecule has 1 rings (SSSR count). The van der Waals surface area contributed by atoms with Crippen molar-refractivity contribution in [3.05, 3.63) is 29.1 Å². The highest BCUT2D eigenvalue weighted by atomic mass is 79.9. The highest BCUT2D eigenvalue weighted by Gasteiger charge is 2.34. The van der Waals surface area contributed by atoms with E-state index in [1.807, 2.05) is 0 Å². The zero-order valence-corrected chi connectivity index (χ0v) is 12.4. The van der Waals surface area contributed by atoms with E-state index in [-0.39, 0.29) is 5.56 Å². The Kier molecular flexibility index (Phi) is 5.19. The molecule has 0 N–H and O–H groups in total. The maximum atomic E-state index is 13.9. The fourth-order valence-electron chi connectivity index (χ4n) is 1.27. The van der Waals surface area contributed by atoms with Gasteiger partial charge in [-0.1, -0.05) is 37.9 Å². The van der Waals surface area contributed by atoms with E-state index >= 15 is 0 Å². The van der Waals surface area contributed by atoms with Crippen LogP contribution in [0.3, 0.4) is 0 Å². The van der Waals surface area contributed by atoms with E-state index in [2.05, 4.69) is 41.3 Å². The summed E-state index contributed by atoms with van der Waals surface area (Å²) in [5.41, 5.74) is -0.554. The molecule has 106 valence electrons. The van der Waals surface area contributed by atoms with Crippen LogP contribution >= 0.6 is 31.9 Å². The zero-order valence-electron chi connectivity index (χ0n) is 9.22. The van der Waals surface area contributed by atoms with Crippen molar-refractivity contribution >= 4 is 37.8 Å². The smallest absolute Gasteiger partial charge is 0.465 e. The first-order valence-corrected chi connectivity index (χ1v) is 6.45. The molecule has 0 aromatic heterocycles. The fraction of sp³-hybridized carbons (Fsp3) is 0.300. The predicted molar refractivity (Wildman–Crippen MR) is 65.0 cm³/mol. The molecule has 0 bridgehead atoms. The molecular formula is C10H6Br2F4O3. The lowest BCUT2D eigenvalue weighted by molar-refractivity contribution is -0.275. The van der Waals surface area contributed by atoms with Crippen molar-refractivity contribution in [2.45, 2.75) is 10.1 Å². The highest BCUT2D eigenvalue weighted by Crippen LogP contribution is 2.37. The summed E-state index contributed by atoms with van der Waals surface area (Å²) in [6, 6.07) is 1.89. The van der Waals surface area contributed by atoms with Gasteiger partial charge in [-0.15, -0.1) is 13.2 Å². The minimum atomic E-state index is -5.06. The molecule has 0 saturated heterocycles. The Morgan fingerprint density at radius 2 is 1.89 bits per heavy atom. The Bertz CT molecular complexity index is 488. The van der Waals surface area contributed by atoms with Crippen LogP contribution in [-0.4, -0.2) is 19.4 Å². The van der Waals surface area contributed by atoms with E-state index in [1.54, 1.807) is 0 Å². The SMILES string of the molecule is COC(=O)c1c(C(Br)Br)ccc(OC(F)(F)F)c1F. The standard InChI is InChI=1S/C10H6Br2F4O3/c1-18-9(17)6-4(8(11)12)2-3-5(7(6)13)19-10(14,15)16/h2-3,8H,1H3. The normalized spacial score (nSPS) is 11.6. The molecule has 0 spiro atoms. The van der Waals surface area contributed by atoms with Gasteiger partial charge in [-0.25, -0.2) is 9.18 Å². The molecule has 0 aliphatic rings. The van der Waals surface area contributed by atoms with Gasteiger partial charge < -0.3 is 9.47 Å². The number of hydrogen-bond donors (Lipinski definition) is 0. The number of alkyl halides is 5. The minimum absolute atomic E-state index is 0.0823. The molecule has 1 aromatic carbocycles. The highest BCUT2D eigenvalue weighted by molar-refractivity contribution is 9.24. The number of ether oxygens (including phenoxy) is 2. The molecule has 0 fully saturated rings. The van der Waals surface area contributed by atoms with Crippen molar-refractivity contribution in [1.29, 1.82) is 0 Å². The summed E-state index contributed by atoms with van der Waals surface area (Å²) in [4.78, 5) is 11.4. The number of methoxy groups -OCH3 is 1. The zero-order chi connectivity index (χ0) is 14.8. The van der Waals surface area contributed by atoms with Crippen molar-refractivity contribution in [3.63, 3.8) is 0 Å². The molecule has 3 nitrogen and oxygen atoms in total. The average molecular weight is 410 g/mol. The summed E-state index contributed by atoms with van der Waals surface area (Å²) in [5.74, 6) is -3.65. The summed E-state index contributed by atoms with van der Waals surface area (Å²) < 4.78 is 57.3. The second kappa shape index (κ2) is 6.08. The second-order valence-corrected chi connectivity index (χ2v) is 6.24. The monoisotopic (exact) mass is 408 g/mol. The van der Waals surface area contributed by atoms with Crippen molar-refractivity contribution in [1.82, 2.24) is 0 Å². The van der Waals surface area contributed by atoms with E-state index in [9.17, 15) is 22.4 Å². The van der Waals surface area contributed by atoms with Gasteiger partial charge in [0.25, 0.3) is 0 Å². The number of esters is 1. The van der Waals surface area contributed by atoms with Crippen molar-refractivity contribution in [3.8, 4) is 5.75 Å². The molecule has 9 heteroatoms. The van der Waals surface area contributed by atoms with Gasteiger partial charge in [0.15, 0.2) is 11.6 Å². The summed E-state index contributed by atoms with van der Waals surface area (Å²) in [6.45, 7) is 0. The first-order valence-electron chi connectivity index (χ1n) is 4.62. The summed E-state index contributed by atoms with van der Waals surface area (Å²) >= 11 is 6.06. The molecule has 0 heterocycles. The lowest BCUT2D eigenvalue weighted by atomic mass is 10.1. The molecule has 0 aliphatic carbocycles. The Morgan fingerprint density at radius 1 is 1.32 bits per heavy atom. The molecule has 1 aromatic rings. The van der Waals surface area contributed by atoms with Gasteiger partial charge >= 0.3 is 12.3 Å². The van der Waals surface area contributed by atoms with E-state index in [1.165, 1.54) is 0 Å². The van der Waals surface area contributed by atoms with Crippen LogP contribution in [0.5, 0.6) is 5.75 Å². The molecular weight excluding hydrogens is 404 g/mol. The van der Waals surface area contributed by atoms with E-state index in [0.29, 0.717) is 0 Å². The number of benzene rings is 1. The maximum absolute atomic E-state index is 13.9. The molecule has 0 saturated carbocycles. The Hall–Kier alpha value is -0.830. The summed E-state index contributed by atoms with van der Waals surface area (Å²) in [6.07, 6.45) is -5.06. The summed E-state index contributed by atoms with van der Waals surface area (Å²) in [5, 5.41) is 0. The van der Waals surface area contributed by atoms with Crippen LogP contribution in [0.2, 0.25) is 0 Å². The van der Waals surface area contributed by atoms with E-state index in [4.69, 9.17) is 0 Å². The van der Waals surface area contributed by atoms with Crippen LogP contribution < -0.4 is 4.74 Å². The van der Waals surface area contributed by atoms with Crippen LogP contribution in [0.1, 0.15) is 19.7 Å². The van der Waals surface area contributed by atoms with E-state index in [0.717, 1.165) is 19.2 Å². The quantitative estimate of drug-likeness (QED) is 0.424. The lowest BCUT2D eigenvalue weighted by Gasteiger charge is -2.14. The van der Waals surface area contributed by atoms with Gasteiger partial charge in [-0.2, -0.15) is 0 Å². The third-order valence-electron chi connectivity index (χ3n) is 1.99. The van der Waals surface area contributed by atoms with Gasteiger partial charge in [0.05, 0.1) is 10.8 Å². The topological polar surface area (TPSA) is 35.5 Å². The van der Waals surface area contributed by atoms with Crippen LogP contribution in [0.25, 0.3) is 0 Å². The third kappa shape index (κ3) is 4.07. The van der Waals surface area contributed by atoms with Crippen LogP contribution in [-0.2, 0) is 4.74 Å². The molecule has 0 amide bonds. The van der Waals surface area contributed by atoms with Gasteiger partial charge in [0, 0.05) is 0 Å². The van der Waals surface area contributed by atoms with Gasteiger partial charge in [0.2, 0.25) is 0 Å². The molecule has 0 radical (unpaired) electrons. The van der Waals surface area contributed by atoms with Crippen LogP contribution in [0, 0.1) is 5.82 Å². The van der Waals surface area contributed by atoms with E-state index < -0.39 is 33.2 Å². The van der Waals surface area contributed by atoms with Crippen molar-refractivity contribution in [2.75, 3.05) is 7.11 Å². The van der Waals surface area contributed by atoms with Crippen molar-refractivity contribution in [2.24, 2.45) is 0 Å². The average Bonchev–Trinajstić information content (AvgIpc) is 2.28. The van der Waals surface area contributed by atoms with Crippen LogP contribution in [0.15, 0.2) is 12.1 Å². The van der Waals surface area contributed by atoms with Crippen LogP contribution in [0.4, 0.5) is 17.6 Å². The fourth-order valence-corrected chi connectivity index (χ4v) is 2.03. The molecule has 19 heavy (non-hydrogen) atoms. The Balaban J connectivity index is 3.37.